The Hall–Kier alpha value is -4.71. The van der Waals surface area contributed by atoms with E-state index in [9.17, 15) is 0 Å². The molecule has 1 spiro atoms. The first-order valence-electron chi connectivity index (χ1n) is 19.6. The quantitative estimate of drug-likeness (QED) is 0.170. The molecule has 55 heavy (non-hydrogen) atoms. The van der Waals surface area contributed by atoms with E-state index in [1.165, 1.54) is 55.6 Å². The Morgan fingerprint density at radius 3 is 1.00 bits per heavy atom. The standard InChI is InChI=1S/C49H46B2O4/c1-45(2)46(3,4)53-50(52-45)35-23-17-31(18-24-35)33-21-27-39-37-13-9-11-15-41(37)49(43(39)29-33)42-16-12-10-14-38(42)40-28-22-34(30-44(40)49)32-19-25-36(26-20-32)51-54-47(5,6)48(7,8)55-51/h9-30H,1-8H3. The van der Waals surface area contributed by atoms with Crippen LogP contribution in [0.15, 0.2) is 133 Å². The number of hydrogen-bond acceptors (Lipinski definition) is 4. The highest BCUT2D eigenvalue weighted by Gasteiger charge is 2.54. The minimum atomic E-state index is -0.463. The van der Waals surface area contributed by atoms with Crippen LogP contribution >= 0.6 is 0 Å². The molecule has 2 heterocycles. The minimum absolute atomic E-state index is 0.384. The SMILES string of the molecule is CC1(C)OB(c2ccc(-c3ccc4c(c3)C3(c5ccccc5-4)c4ccccc4-c4ccc(-c5ccc(B6OC(C)(C)C(C)(C)O6)cc5)cc43)cc2)OC1(C)C. The summed E-state index contributed by atoms with van der Waals surface area (Å²) in [4.78, 5) is 0. The van der Waals surface area contributed by atoms with E-state index in [4.69, 9.17) is 18.6 Å². The average Bonchev–Trinajstić information content (AvgIpc) is 3.79. The Bertz CT molecular complexity index is 2310. The van der Waals surface area contributed by atoms with Crippen molar-refractivity contribution in [3.05, 3.63) is 156 Å². The van der Waals surface area contributed by atoms with Gasteiger partial charge >= 0.3 is 14.2 Å². The fourth-order valence-corrected chi connectivity index (χ4v) is 9.12. The molecular weight excluding hydrogens is 674 g/mol. The third-order valence-electron chi connectivity index (χ3n) is 13.6. The van der Waals surface area contributed by atoms with E-state index in [0.717, 1.165) is 22.1 Å². The lowest BCUT2D eigenvalue weighted by Crippen LogP contribution is -2.41. The van der Waals surface area contributed by atoms with Crippen molar-refractivity contribution in [1.82, 2.24) is 0 Å². The van der Waals surface area contributed by atoms with Gasteiger partial charge in [-0.3, -0.25) is 0 Å². The van der Waals surface area contributed by atoms with Crippen molar-refractivity contribution in [3.8, 4) is 44.5 Å². The van der Waals surface area contributed by atoms with E-state index in [0.29, 0.717) is 0 Å². The lowest BCUT2D eigenvalue weighted by Gasteiger charge is -2.32. The van der Waals surface area contributed by atoms with Crippen LogP contribution in [0.2, 0.25) is 0 Å². The second-order valence-corrected chi connectivity index (χ2v) is 17.8. The third-order valence-corrected chi connectivity index (χ3v) is 13.6. The van der Waals surface area contributed by atoms with Crippen LogP contribution in [0, 0.1) is 0 Å². The van der Waals surface area contributed by atoms with Gasteiger partial charge in [0.05, 0.1) is 27.8 Å². The summed E-state index contributed by atoms with van der Waals surface area (Å²) in [7, 11) is -0.783. The molecule has 6 aromatic rings. The number of fused-ring (bicyclic) bond motifs is 10. The molecule has 6 aromatic carbocycles. The normalized spacial score (nSPS) is 20.0. The van der Waals surface area contributed by atoms with Gasteiger partial charge in [-0.1, -0.05) is 121 Å². The zero-order valence-corrected chi connectivity index (χ0v) is 33.0. The molecule has 0 bridgehead atoms. The highest BCUT2D eigenvalue weighted by atomic mass is 16.7. The van der Waals surface area contributed by atoms with Crippen molar-refractivity contribution in [2.75, 3.05) is 0 Å². The maximum Gasteiger partial charge on any atom is 0.494 e. The molecule has 0 aromatic heterocycles. The Labute approximate surface area is 326 Å². The van der Waals surface area contributed by atoms with E-state index < -0.39 is 19.7 Å². The van der Waals surface area contributed by atoms with Crippen LogP contribution in [0.5, 0.6) is 0 Å². The van der Waals surface area contributed by atoms with Crippen molar-refractivity contribution >= 4 is 25.2 Å². The van der Waals surface area contributed by atoms with Crippen LogP contribution < -0.4 is 10.9 Å². The van der Waals surface area contributed by atoms with E-state index >= 15 is 0 Å². The summed E-state index contributed by atoms with van der Waals surface area (Å²) in [6.07, 6.45) is 0. The molecule has 0 radical (unpaired) electrons. The number of hydrogen-bond donors (Lipinski definition) is 0. The van der Waals surface area contributed by atoms with Crippen LogP contribution in [-0.4, -0.2) is 36.6 Å². The Kier molecular flexibility index (Phi) is 7.37. The van der Waals surface area contributed by atoms with Gasteiger partial charge in [-0.05, 0) is 145 Å². The van der Waals surface area contributed by atoms with Crippen molar-refractivity contribution < 1.29 is 18.6 Å². The molecule has 2 saturated heterocycles. The second kappa shape index (κ2) is 11.7. The molecule has 2 aliphatic carbocycles. The fourth-order valence-electron chi connectivity index (χ4n) is 9.12. The smallest absolute Gasteiger partial charge is 0.399 e. The van der Waals surface area contributed by atoms with Gasteiger partial charge in [0, 0.05) is 0 Å². The maximum atomic E-state index is 6.37. The van der Waals surface area contributed by atoms with Gasteiger partial charge < -0.3 is 18.6 Å². The van der Waals surface area contributed by atoms with Crippen molar-refractivity contribution in [1.29, 1.82) is 0 Å². The topological polar surface area (TPSA) is 36.9 Å². The van der Waals surface area contributed by atoms with Gasteiger partial charge in [0.25, 0.3) is 0 Å². The summed E-state index contributed by atoms with van der Waals surface area (Å²) in [5.41, 5.74) is 15.2. The third kappa shape index (κ3) is 4.95. The largest absolute Gasteiger partial charge is 0.494 e. The molecule has 4 nitrogen and oxygen atoms in total. The summed E-state index contributed by atoms with van der Waals surface area (Å²) in [5, 5.41) is 0. The van der Waals surface area contributed by atoms with Gasteiger partial charge in [0.2, 0.25) is 0 Å². The zero-order valence-electron chi connectivity index (χ0n) is 33.0. The summed E-state index contributed by atoms with van der Waals surface area (Å²) >= 11 is 0. The Morgan fingerprint density at radius 2 is 0.636 bits per heavy atom. The molecular formula is C49H46B2O4. The first kappa shape index (κ1) is 34.8. The van der Waals surface area contributed by atoms with Gasteiger partial charge in [-0.2, -0.15) is 0 Å². The van der Waals surface area contributed by atoms with Gasteiger partial charge in [0.15, 0.2) is 0 Å². The molecule has 0 saturated carbocycles. The summed E-state index contributed by atoms with van der Waals surface area (Å²) in [5.74, 6) is 0. The minimum Gasteiger partial charge on any atom is -0.399 e. The highest BCUT2D eigenvalue weighted by molar-refractivity contribution is 6.62. The van der Waals surface area contributed by atoms with Crippen LogP contribution in [0.4, 0.5) is 0 Å². The van der Waals surface area contributed by atoms with E-state index in [-0.39, 0.29) is 22.4 Å². The van der Waals surface area contributed by atoms with Crippen LogP contribution in [-0.2, 0) is 24.0 Å². The van der Waals surface area contributed by atoms with Gasteiger partial charge in [0.1, 0.15) is 0 Å². The monoisotopic (exact) mass is 720 g/mol. The molecule has 4 aliphatic rings. The van der Waals surface area contributed by atoms with Gasteiger partial charge in [-0.25, -0.2) is 0 Å². The molecule has 0 amide bonds. The van der Waals surface area contributed by atoms with Crippen molar-refractivity contribution in [2.45, 2.75) is 83.2 Å². The first-order chi connectivity index (χ1) is 26.2. The molecule has 0 atom stereocenters. The van der Waals surface area contributed by atoms with Gasteiger partial charge in [-0.15, -0.1) is 0 Å². The first-order valence-corrected chi connectivity index (χ1v) is 19.6. The molecule has 272 valence electrons. The molecule has 10 rings (SSSR count). The van der Waals surface area contributed by atoms with E-state index in [1.54, 1.807) is 0 Å². The number of rotatable bonds is 4. The molecule has 0 unspecified atom stereocenters. The predicted molar refractivity (Wildman–Crippen MR) is 225 cm³/mol. The number of benzene rings is 6. The second-order valence-electron chi connectivity index (χ2n) is 17.8. The maximum absolute atomic E-state index is 6.37. The Morgan fingerprint density at radius 1 is 0.327 bits per heavy atom. The summed E-state index contributed by atoms with van der Waals surface area (Å²) < 4.78 is 25.5. The average molecular weight is 721 g/mol. The van der Waals surface area contributed by atoms with Crippen molar-refractivity contribution in [2.24, 2.45) is 0 Å². The lowest BCUT2D eigenvalue weighted by atomic mass is 9.70. The summed E-state index contributed by atoms with van der Waals surface area (Å²) in [6.45, 7) is 16.8. The van der Waals surface area contributed by atoms with Crippen LogP contribution in [0.3, 0.4) is 0 Å². The molecule has 6 heteroatoms. The van der Waals surface area contributed by atoms with E-state index in [2.05, 4.69) is 189 Å². The predicted octanol–water partition coefficient (Wildman–Crippen LogP) is 9.96. The lowest BCUT2D eigenvalue weighted by molar-refractivity contribution is 0.00578. The molecule has 2 fully saturated rings. The van der Waals surface area contributed by atoms with Crippen LogP contribution in [0.25, 0.3) is 44.5 Å². The zero-order chi connectivity index (χ0) is 38.1. The van der Waals surface area contributed by atoms with Crippen molar-refractivity contribution in [3.63, 3.8) is 0 Å². The molecule has 0 N–H and O–H groups in total. The fraction of sp³-hybridized carbons (Fsp3) is 0.265. The van der Waals surface area contributed by atoms with Crippen LogP contribution in [0.1, 0.15) is 77.6 Å². The molecule has 2 aliphatic heterocycles. The summed E-state index contributed by atoms with van der Waals surface area (Å²) in [6, 6.07) is 49.5. The Balaban J connectivity index is 1.08. The van der Waals surface area contributed by atoms with E-state index in [1.807, 2.05) is 0 Å². The highest BCUT2D eigenvalue weighted by Crippen LogP contribution is 2.63.